The smallest absolute Gasteiger partial charge is 0.280 e. The number of benzene rings is 1. The van der Waals surface area contributed by atoms with Crippen molar-refractivity contribution < 1.29 is 4.79 Å². The Kier molecular flexibility index (Phi) is 3.61. The summed E-state index contributed by atoms with van der Waals surface area (Å²) in [5, 5.41) is 11.7. The molecule has 1 saturated heterocycles. The Labute approximate surface area is 135 Å². The van der Waals surface area contributed by atoms with Crippen LogP contribution in [-0.4, -0.2) is 39.5 Å². The molecule has 2 aromatic rings. The zero-order valence-corrected chi connectivity index (χ0v) is 13.3. The van der Waals surface area contributed by atoms with E-state index in [4.69, 9.17) is 0 Å². The fraction of sp³-hybridized carbons (Fsp3) is 0.471. The first-order chi connectivity index (χ1) is 11.2. The lowest BCUT2D eigenvalue weighted by molar-refractivity contribution is 0.0976. The number of aromatic nitrogens is 3. The van der Waals surface area contributed by atoms with Crippen LogP contribution in [0.15, 0.2) is 30.5 Å². The molecule has 1 N–H and O–H groups in total. The van der Waals surface area contributed by atoms with E-state index in [0.29, 0.717) is 11.7 Å². The van der Waals surface area contributed by atoms with Crippen molar-refractivity contribution in [2.75, 3.05) is 11.4 Å². The zero-order chi connectivity index (χ0) is 15.8. The zero-order valence-electron chi connectivity index (χ0n) is 13.3. The van der Waals surface area contributed by atoms with Crippen LogP contribution in [-0.2, 0) is 13.0 Å². The second-order valence-corrected chi connectivity index (χ2v) is 6.48. The lowest BCUT2D eigenvalue weighted by Crippen LogP contribution is -2.36. The number of hydrogen-bond acceptors (Lipinski definition) is 4. The molecular weight excluding hydrogens is 290 g/mol. The molecule has 2 atom stereocenters. The molecule has 0 spiro atoms. The van der Waals surface area contributed by atoms with E-state index in [0.717, 1.165) is 31.6 Å². The van der Waals surface area contributed by atoms with Crippen molar-refractivity contribution in [3.05, 3.63) is 41.7 Å². The minimum Gasteiger partial charge on any atom is -0.312 e. The molecule has 1 aromatic heterocycles. The highest BCUT2D eigenvalue weighted by Crippen LogP contribution is 2.32. The van der Waals surface area contributed by atoms with Crippen molar-refractivity contribution >= 4 is 11.6 Å². The highest BCUT2D eigenvalue weighted by molar-refractivity contribution is 6.06. The van der Waals surface area contributed by atoms with Crippen LogP contribution < -0.4 is 10.2 Å². The molecule has 4 rings (SSSR count). The van der Waals surface area contributed by atoms with E-state index >= 15 is 0 Å². The summed E-state index contributed by atoms with van der Waals surface area (Å²) in [6.45, 7) is 3.91. The Morgan fingerprint density at radius 1 is 1.39 bits per heavy atom. The molecule has 2 aliphatic heterocycles. The molecule has 6 nitrogen and oxygen atoms in total. The van der Waals surface area contributed by atoms with E-state index in [1.807, 2.05) is 23.1 Å². The Hall–Kier alpha value is -2.21. The van der Waals surface area contributed by atoms with E-state index in [-0.39, 0.29) is 11.9 Å². The van der Waals surface area contributed by atoms with Gasteiger partial charge in [-0.2, -0.15) is 0 Å². The van der Waals surface area contributed by atoms with Crippen LogP contribution in [0.3, 0.4) is 0 Å². The lowest BCUT2D eigenvalue weighted by atomic mass is 10.1. The molecule has 0 saturated carbocycles. The number of rotatable bonds is 3. The van der Waals surface area contributed by atoms with E-state index in [1.54, 1.807) is 10.9 Å². The Morgan fingerprint density at radius 2 is 2.26 bits per heavy atom. The minimum absolute atomic E-state index is 0.0620. The number of fused-ring (bicyclic) bond motifs is 1. The van der Waals surface area contributed by atoms with Gasteiger partial charge in [0.1, 0.15) is 0 Å². The average molecular weight is 311 g/mol. The second kappa shape index (κ2) is 5.77. The van der Waals surface area contributed by atoms with E-state index in [2.05, 4.69) is 28.6 Å². The molecule has 1 aromatic carbocycles. The number of carbonyl (C=O) groups is 1. The number of nitrogens with zero attached hydrogens (tertiary/aromatic N) is 4. The summed E-state index contributed by atoms with van der Waals surface area (Å²) < 4.78 is 1.78. The molecule has 2 aliphatic rings. The molecule has 2 unspecified atom stereocenters. The number of carbonyl (C=O) groups excluding carboxylic acids is 1. The van der Waals surface area contributed by atoms with Crippen LogP contribution in [0.25, 0.3) is 0 Å². The summed E-state index contributed by atoms with van der Waals surface area (Å²) in [6.07, 6.45) is 5.02. The molecule has 1 amide bonds. The van der Waals surface area contributed by atoms with Gasteiger partial charge in [-0.25, -0.2) is 0 Å². The molecule has 6 heteroatoms. The minimum atomic E-state index is -0.0620. The number of nitrogens with one attached hydrogen (secondary N) is 1. The van der Waals surface area contributed by atoms with Gasteiger partial charge in [0.15, 0.2) is 5.69 Å². The van der Waals surface area contributed by atoms with Crippen LogP contribution in [0.4, 0.5) is 5.69 Å². The van der Waals surface area contributed by atoms with E-state index in [9.17, 15) is 4.79 Å². The van der Waals surface area contributed by atoms with Crippen molar-refractivity contribution in [1.82, 2.24) is 20.3 Å². The first-order valence-corrected chi connectivity index (χ1v) is 8.27. The maximum atomic E-state index is 12.9. The molecule has 1 fully saturated rings. The van der Waals surface area contributed by atoms with E-state index < -0.39 is 0 Å². The summed E-state index contributed by atoms with van der Waals surface area (Å²) in [5.41, 5.74) is 2.64. The van der Waals surface area contributed by atoms with E-state index in [1.165, 1.54) is 12.0 Å². The maximum Gasteiger partial charge on any atom is 0.280 e. The average Bonchev–Trinajstić information content (AvgIpc) is 3.26. The quantitative estimate of drug-likeness (QED) is 0.935. The van der Waals surface area contributed by atoms with Gasteiger partial charge in [0.2, 0.25) is 0 Å². The molecule has 0 bridgehead atoms. The van der Waals surface area contributed by atoms with Crippen molar-refractivity contribution in [2.45, 2.75) is 44.8 Å². The first-order valence-electron chi connectivity index (χ1n) is 8.27. The lowest BCUT2D eigenvalue weighted by Gasteiger charge is -2.21. The molecule has 120 valence electrons. The van der Waals surface area contributed by atoms with Crippen LogP contribution >= 0.6 is 0 Å². The Balaban J connectivity index is 1.54. The highest BCUT2D eigenvalue weighted by Gasteiger charge is 2.32. The number of para-hydroxylation sites is 1. The van der Waals surface area contributed by atoms with Crippen LogP contribution in [0.1, 0.15) is 35.8 Å². The largest absolute Gasteiger partial charge is 0.312 e. The molecule has 0 radical (unpaired) electrons. The summed E-state index contributed by atoms with van der Waals surface area (Å²) in [6, 6.07) is 8.67. The first kappa shape index (κ1) is 14.4. The molecule has 23 heavy (non-hydrogen) atoms. The van der Waals surface area contributed by atoms with Gasteiger partial charge in [-0.1, -0.05) is 23.4 Å². The van der Waals surface area contributed by atoms with Crippen LogP contribution in [0.2, 0.25) is 0 Å². The van der Waals surface area contributed by atoms with Gasteiger partial charge in [0, 0.05) is 17.8 Å². The predicted molar refractivity (Wildman–Crippen MR) is 87.5 cm³/mol. The topological polar surface area (TPSA) is 63.1 Å². The van der Waals surface area contributed by atoms with Gasteiger partial charge < -0.3 is 10.2 Å². The Bertz CT molecular complexity index is 719. The second-order valence-electron chi connectivity index (χ2n) is 6.48. The third kappa shape index (κ3) is 2.63. The number of anilines is 1. The van der Waals surface area contributed by atoms with Crippen LogP contribution in [0.5, 0.6) is 0 Å². The van der Waals surface area contributed by atoms with Gasteiger partial charge in [-0.15, -0.1) is 5.10 Å². The number of amides is 1. The van der Waals surface area contributed by atoms with Crippen molar-refractivity contribution in [3.8, 4) is 0 Å². The van der Waals surface area contributed by atoms with Gasteiger partial charge in [0.05, 0.1) is 12.7 Å². The molecular formula is C17H21N5O. The summed E-state index contributed by atoms with van der Waals surface area (Å²) in [7, 11) is 0. The van der Waals surface area contributed by atoms with Crippen molar-refractivity contribution in [2.24, 2.45) is 0 Å². The molecule has 3 heterocycles. The maximum absolute atomic E-state index is 12.9. The number of hydrogen-bond donors (Lipinski definition) is 1. The Morgan fingerprint density at radius 3 is 3.09 bits per heavy atom. The highest BCUT2D eigenvalue weighted by atomic mass is 16.2. The van der Waals surface area contributed by atoms with Gasteiger partial charge in [-0.05, 0) is 44.4 Å². The molecule has 0 aliphatic carbocycles. The van der Waals surface area contributed by atoms with Gasteiger partial charge >= 0.3 is 0 Å². The van der Waals surface area contributed by atoms with Gasteiger partial charge in [-0.3, -0.25) is 9.48 Å². The van der Waals surface area contributed by atoms with Gasteiger partial charge in [0.25, 0.3) is 5.91 Å². The van der Waals surface area contributed by atoms with Crippen molar-refractivity contribution in [1.29, 1.82) is 0 Å². The SMILES string of the molecule is CC1Cc2ccccc2N1C(=O)c1cn(CC2CCCN2)nn1. The van der Waals surface area contributed by atoms with Crippen molar-refractivity contribution in [3.63, 3.8) is 0 Å². The third-order valence-corrected chi connectivity index (χ3v) is 4.75. The summed E-state index contributed by atoms with van der Waals surface area (Å²) in [5.74, 6) is -0.0620. The monoisotopic (exact) mass is 311 g/mol. The third-order valence-electron chi connectivity index (χ3n) is 4.75. The normalized spacial score (nSPS) is 23.3. The fourth-order valence-electron chi connectivity index (χ4n) is 3.62. The standard InChI is InChI=1S/C17H21N5O/c1-12-9-13-5-2-3-7-16(13)22(12)17(23)15-11-21(20-19-15)10-14-6-4-8-18-14/h2-3,5,7,11-12,14,18H,4,6,8-10H2,1H3. The summed E-state index contributed by atoms with van der Waals surface area (Å²) >= 11 is 0. The predicted octanol–water partition coefficient (Wildman–Crippen LogP) is 1.62. The van der Waals surface area contributed by atoms with Crippen LogP contribution in [0, 0.1) is 0 Å². The summed E-state index contributed by atoms with van der Waals surface area (Å²) in [4.78, 5) is 14.7. The fourth-order valence-corrected chi connectivity index (χ4v) is 3.62.